The largest absolute Gasteiger partial charge is 0.484 e. The summed E-state index contributed by atoms with van der Waals surface area (Å²) in [7, 11) is 0. The van der Waals surface area contributed by atoms with E-state index in [1.165, 1.54) is 0 Å². The lowest BCUT2D eigenvalue weighted by atomic mass is 10.2. The molecule has 1 aliphatic heterocycles. The van der Waals surface area contributed by atoms with Gasteiger partial charge < -0.3 is 14.4 Å². The van der Waals surface area contributed by atoms with E-state index in [9.17, 15) is 4.79 Å². The fourth-order valence-electron chi connectivity index (χ4n) is 2.87. The van der Waals surface area contributed by atoms with Crippen LogP contribution in [0.3, 0.4) is 0 Å². The number of amides is 1. The van der Waals surface area contributed by atoms with Gasteiger partial charge in [0.05, 0.1) is 6.10 Å². The minimum atomic E-state index is -0.0571. The summed E-state index contributed by atoms with van der Waals surface area (Å²) in [6, 6.07) is 15.0. The smallest absolute Gasteiger partial charge is 0.260 e. The fourth-order valence-corrected chi connectivity index (χ4v) is 3.26. The zero-order chi connectivity index (χ0) is 18.4. The Labute approximate surface area is 167 Å². The summed E-state index contributed by atoms with van der Waals surface area (Å²) in [5.41, 5.74) is 1.03. The van der Waals surface area contributed by atoms with E-state index in [0.29, 0.717) is 23.9 Å². The van der Waals surface area contributed by atoms with Gasteiger partial charge in [0, 0.05) is 29.2 Å². The number of nitrogens with zero attached hydrogens (tertiary/aromatic N) is 1. The quantitative estimate of drug-likeness (QED) is 0.629. The molecule has 1 aliphatic rings. The molecule has 0 saturated carbocycles. The van der Waals surface area contributed by atoms with Gasteiger partial charge in [0.25, 0.3) is 5.91 Å². The molecular weight excluding hydrogens is 418 g/mol. The third-order valence-electron chi connectivity index (χ3n) is 4.26. The molecule has 1 saturated heterocycles. The maximum Gasteiger partial charge on any atom is 0.260 e. The van der Waals surface area contributed by atoms with Gasteiger partial charge in [-0.2, -0.15) is 0 Å². The van der Waals surface area contributed by atoms with Gasteiger partial charge in [-0.25, -0.2) is 0 Å². The van der Waals surface area contributed by atoms with E-state index in [0.717, 1.165) is 29.5 Å². The van der Waals surface area contributed by atoms with Gasteiger partial charge in [-0.3, -0.25) is 4.79 Å². The summed E-state index contributed by atoms with van der Waals surface area (Å²) >= 11 is 9.34. The summed E-state index contributed by atoms with van der Waals surface area (Å²) in [5.74, 6) is 0.614. The van der Waals surface area contributed by atoms with E-state index >= 15 is 0 Å². The van der Waals surface area contributed by atoms with Crippen LogP contribution in [0.1, 0.15) is 18.4 Å². The molecule has 1 heterocycles. The molecule has 0 N–H and O–H groups in total. The van der Waals surface area contributed by atoms with Crippen molar-refractivity contribution in [3.63, 3.8) is 0 Å². The van der Waals surface area contributed by atoms with Crippen LogP contribution in [0.25, 0.3) is 0 Å². The van der Waals surface area contributed by atoms with Crippen molar-refractivity contribution in [3.8, 4) is 5.75 Å². The van der Waals surface area contributed by atoms with Crippen LogP contribution >= 0.6 is 27.5 Å². The third kappa shape index (κ3) is 5.73. The first-order valence-electron chi connectivity index (χ1n) is 8.62. The molecule has 2 aromatic carbocycles. The van der Waals surface area contributed by atoms with Gasteiger partial charge in [0.2, 0.25) is 0 Å². The van der Waals surface area contributed by atoms with Crippen LogP contribution in [0.5, 0.6) is 5.75 Å². The number of halogens is 2. The van der Waals surface area contributed by atoms with Crippen molar-refractivity contribution in [2.75, 3.05) is 19.8 Å². The van der Waals surface area contributed by atoms with Gasteiger partial charge in [-0.1, -0.05) is 39.7 Å². The molecule has 6 heteroatoms. The minimum Gasteiger partial charge on any atom is -0.484 e. The Morgan fingerprint density at radius 3 is 2.58 bits per heavy atom. The highest BCUT2D eigenvalue weighted by atomic mass is 79.9. The molecule has 3 rings (SSSR count). The predicted molar refractivity (Wildman–Crippen MR) is 105 cm³/mol. The average molecular weight is 439 g/mol. The maximum atomic E-state index is 12.8. The van der Waals surface area contributed by atoms with Crippen molar-refractivity contribution in [2.45, 2.75) is 25.5 Å². The third-order valence-corrected chi connectivity index (χ3v) is 5.04. The van der Waals surface area contributed by atoms with Crippen LogP contribution < -0.4 is 4.74 Å². The number of rotatable bonds is 7. The second-order valence-electron chi connectivity index (χ2n) is 6.28. The number of carbonyl (C=O) groups is 1. The summed E-state index contributed by atoms with van der Waals surface area (Å²) in [5, 5.41) is 0.685. The van der Waals surface area contributed by atoms with Gasteiger partial charge in [-0.15, -0.1) is 0 Å². The molecule has 138 valence electrons. The molecule has 0 aliphatic carbocycles. The Morgan fingerprint density at radius 1 is 1.19 bits per heavy atom. The molecule has 0 spiro atoms. The molecule has 0 radical (unpaired) electrons. The molecule has 1 fully saturated rings. The Kier molecular flexibility index (Phi) is 6.94. The fraction of sp³-hybridized carbons (Fsp3) is 0.350. The van der Waals surface area contributed by atoms with Crippen LogP contribution in [-0.4, -0.2) is 36.7 Å². The Balaban J connectivity index is 1.63. The van der Waals surface area contributed by atoms with E-state index in [-0.39, 0.29) is 18.6 Å². The van der Waals surface area contributed by atoms with Crippen LogP contribution in [0.15, 0.2) is 53.0 Å². The van der Waals surface area contributed by atoms with Crippen molar-refractivity contribution in [1.82, 2.24) is 4.90 Å². The molecule has 26 heavy (non-hydrogen) atoms. The summed E-state index contributed by atoms with van der Waals surface area (Å²) in [6.45, 7) is 1.86. The SMILES string of the molecule is O=C(COc1ccc(Br)cc1)N(Cc1ccc(Cl)cc1)C[C@@H]1CCCO1. The highest BCUT2D eigenvalue weighted by molar-refractivity contribution is 9.10. The summed E-state index contributed by atoms with van der Waals surface area (Å²) < 4.78 is 12.3. The van der Waals surface area contributed by atoms with Crippen molar-refractivity contribution >= 4 is 33.4 Å². The van der Waals surface area contributed by atoms with Gasteiger partial charge >= 0.3 is 0 Å². The van der Waals surface area contributed by atoms with E-state index in [4.69, 9.17) is 21.1 Å². The molecule has 0 aromatic heterocycles. The first-order chi connectivity index (χ1) is 12.6. The number of hydrogen-bond acceptors (Lipinski definition) is 3. The van der Waals surface area contributed by atoms with Crippen LogP contribution in [-0.2, 0) is 16.1 Å². The maximum absolute atomic E-state index is 12.8. The van der Waals surface area contributed by atoms with Crippen LogP contribution in [0.4, 0.5) is 0 Å². The Hall–Kier alpha value is -1.56. The van der Waals surface area contributed by atoms with Crippen molar-refractivity contribution in [1.29, 1.82) is 0 Å². The standard InChI is InChI=1S/C20H21BrClNO3/c21-16-5-9-18(10-6-16)26-14-20(24)23(13-19-2-1-11-25-19)12-15-3-7-17(22)8-4-15/h3-10,19H,1-2,11-14H2/t19-/m0/s1. The van der Waals surface area contributed by atoms with Crippen molar-refractivity contribution in [3.05, 3.63) is 63.6 Å². The van der Waals surface area contributed by atoms with Crippen molar-refractivity contribution in [2.24, 2.45) is 0 Å². The highest BCUT2D eigenvalue weighted by Gasteiger charge is 2.23. The molecule has 0 bridgehead atoms. The lowest BCUT2D eigenvalue weighted by molar-refractivity contribution is -0.135. The molecule has 2 aromatic rings. The second-order valence-corrected chi connectivity index (χ2v) is 7.63. The highest BCUT2D eigenvalue weighted by Crippen LogP contribution is 2.18. The number of ether oxygens (including phenoxy) is 2. The van der Waals surface area contributed by atoms with Gasteiger partial charge in [0.15, 0.2) is 6.61 Å². The lowest BCUT2D eigenvalue weighted by Gasteiger charge is -2.25. The first kappa shape index (κ1) is 19.2. The van der Waals surface area contributed by atoms with E-state index in [2.05, 4.69) is 15.9 Å². The molecule has 1 amide bonds. The summed E-state index contributed by atoms with van der Waals surface area (Å²) in [6.07, 6.45) is 2.13. The van der Waals surface area contributed by atoms with Gasteiger partial charge in [-0.05, 0) is 54.8 Å². The normalized spacial score (nSPS) is 16.5. The van der Waals surface area contributed by atoms with E-state index in [1.807, 2.05) is 48.5 Å². The topological polar surface area (TPSA) is 38.8 Å². The molecular formula is C20H21BrClNO3. The van der Waals surface area contributed by atoms with E-state index < -0.39 is 0 Å². The number of benzene rings is 2. The minimum absolute atomic E-state index is 0.00193. The van der Waals surface area contributed by atoms with Gasteiger partial charge in [0.1, 0.15) is 5.75 Å². The number of carbonyl (C=O) groups excluding carboxylic acids is 1. The Morgan fingerprint density at radius 2 is 1.92 bits per heavy atom. The zero-order valence-corrected chi connectivity index (χ0v) is 16.7. The lowest BCUT2D eigenvalue weighted by Crippen LogP contribution is -2.39. The Bertz CT molecular complexity index is 715. The molecule has 1 atom stereocenters. The molecule has 0 unspecified atom stereocenters. The van der Waals surface area contributed by atoms with Crippen LogP contribution in [0, 0.1) is 0 Å². The van der Waals surface area contributed by atoms with Crippen molar-refractivity contribution < 1.29 is 14.3 Å². The second kappa shape index (κ2) is 9.40. The molecule has 4 nitrogen and oxygen atoms in total. The number of hydrogen-bond donors (Lipinski definition) is 0. The average Bonchev–Trinajstić information content (AvgIpc) is 3.15. The van der Waals surface area contributed by atoms with Crippen LogP contribution in [0.2, 0.25) is 5.02 Å². The summed E-state index contributed by atoms with van der Waals surface area (Å²) in [4.78, 5) is 14.6. The monoisotopic (exact) mass is 437 g/mol. The van der Waals surface area contributed by atoms with E-state index in [1.54, 1.807) is 4.90 Å². The predicted octanol–water partition coefficient (Wildman–Crippen LogP) is 4.69. The zero-order valence-electron chi connectivity index (χ0n) is 14.4. The first-order valence-corrected chi connectivity index (χ1v) is 9.79.